The molecular formula is C13H18BrNO2. The van der Waals surface area contributed by atoms with E-state index in [2.05, 4.69) is 33.9 Å². The summed E-state index contributed by atoms with van der Waals surface area (Å²) in [7, 11) is 1.70. The Kier molecular flexibility index (Phi) is 6.93. The highest BCUT2D eigenvalue weighted by molar-refractivity contribution is 9.10. The molecule has 94 valence electrons. The van der Waals surface area contributed by atoms with Crippen LogP contribution in [0.4, 0.5) is 0 Å². The van der Waals surface area contributed by atoms with Gasteiger partial charge in [-0.2, -0.15) is 0 Å². The third-order valence-corrected chi connectivity index (χ3v) is 2.78. The van der Waals surface area contributed by atoms with Crippen molar-refractivity contribution < 1.29 is 9.47 Å². The SMILES string of the molecule is C=CCOc1ccc(CNCCOC)cc1Br. The summed E-state index contributed by atoms with van der Waals surface area (Å²) < 4.78 is 11.4. The predicted octanol–water partition coefficient (Wildman–Crippen LogP) is 2.75. The number of hydrogen-bond donors (Lipinski definition) is 1. The summed E-state index contributed by atoms with van der Waals surface area (Å²) in [5.74, 6) is 0.838. The van der Waals surface area contributed by atoms with Gasteiger partial charge in [-0.3, -0.25) is 0 Å². The van der Waals surface area contributed by atoms with E-state index in [1.54, 1.807) is 13.2 Å². The smallest absolute Gasteiger partial charge is 0.133 e. The van der Waals surface area contributed by atoms with E-state index in [1.165, 1.54) is 5.56 Å². The van der Waals surface area contributed by atoms with Gasteiger partial charge in [0.1, 0.15) is 12.4 Å². The highest BCUT2D eigenvalue weighted by Gasteiger charge is 2.01. The molecular weight excluding hydrogens is 282 g/mol. The van der Waals surface area contributed by atoms with Crippen molar-refractivity contribution in [3.8, 4) is 5.75 Å². The lowest BCUT2D eigenvalue weighted by Gasteiger charge is -2.09. The first-order chi connectivity index (χ1) is 8.27. The monoisotopic (exact) mass is 299 g/mol. The highest BCUT2D eigenvalue weighted by atomic mass is 79.9. The Morgan fingerprint density at radius 2 is 2.29 bits per heavy atom. The Balaban J connectivity index is 2.47. The predicted molar refractivity (Wildman–Crippen MR) is 73.4 cm³/mol. The van der Waals surface area contributed by atoms with Gasteiger partial charge in [0.05, 0.1) is 11.1 Å². The maximum Gasteiger partial charge on any atom is 0.133 e. The average Bonchev–Trinajstić information content (AvgIpc) is 2.34. The molecule has 1 N–H and O–H groups in total. The fourth-order valence-electron chi connectivity index (χ4n) is 1.33. The lowest BCUT2D eigenvalue weighted by molar-refractivity contribution is 0.199. The van der Waals surface area contributed by atoms with Crippen LogP contribution in [0.3, 0.4) is 0 Å². The number of benzene rings is 1. The third-order valence-electron chi connectivity index (χ3n) is 2.17. The molecule has 0 aromatic heterocycles. The van der Waals surface area contributed by atoms with Crippen molar-refractivity contribution >= 4 is 15.9 Å². The van der Waals surface area contributed by atoms with Gasteiger partial charge in [-0.25, -0.2) is 0 Å². The molecule has 0 saturated carbocycles. The van der Waals surface area contributed by atoms with E-state index in [0.717, 1.165) is 29.9 Å². The van der Waals surface area contributed by atoms with Crippen molar-refractivity contribution in [1.29, 1.82) is 0 Å². The molecule has 0 atom stereocenters. The maximum absolute atomic E-state index is 5.48. The lowest BCUT2D eigenvalue weighted by Crippen LogP contribution is -2.18. The van der Waals surface area contributed by atoms with Crippen LogP contribution >= 0.6 is 15.9 Å². The lowest BCUT2D eigenvalue weighted by atomic mass is 10.2. The van der Waals surface area contributed by atoms with Crippen LogP contribution in [-0.4, -0.2) is 26.9 Å². The van der Waals surface area contributed by atoms with E-state index < -0.39 is 0 Å². The molecule has 0 spiro atoms. The summed E-state index contributed by atoms with van der Waals surface area (Å²) in [4.78, 5) is 0. The van der Waals surface area contributed by atoms with Crippen LogP contribution in [0.1, 0.15) is 5.56 Å². The Morgan fingerprint density at radius 3 is 2.94 bits per heavy atom. The number of nitrogens with one attached hydrogen (secondary N) is 1. The van der Waals surface area contributed by atoms with E-state index >= 15 is 0 Å². The molecule has 0 saturated heterocycles. The summed E-state index contributed by atoms with van der Waals surface area (Å²) in [6.07, 6.45) is 1.73. The van der Waals surface area contributed by atoms with Crippen molar-refractivity contribution in [3.63, 3.8) is 0 Å². The van der Waals surface area contributed by atoms with Crippen LogP contribution in [-0.2, 0) is 11.3 Å². The van der Waals surface area contributed by atoms with Crippen LogP contribution < -0.4 is 10.1 Å². The number of halogens is 1. The average molecular weight is 300 g/mol. The van der Waals surface area contributed by atoms with E-state index in [1.807, 2.05) is 12.1 Å². The molecule has 0 aliphatic rings. The Labute approximate surface area is 111 Å². The van der Waals surface area contributed by atoms with Crippen molar-refractivity contribution in [2.75, 3.05) is 26.9 Å². The van der Waals surface area contributed by atoms with E-state index in [9.17, 15) is 0 Å². The second-order valence-electron chi connectivity index (χ2n) is 3.53. The number of rotatable bonds is 8. The number of hydrogen-bond acceptors (Lipinski definition) is 3. The van der Waals surface area contributed by atoms with Crippen LogP contribution in [0.25, 0.3) is 0 Å². The minimum absolute atomic E-state index is 0.518. The van der Waals surface area contributed by atoms with Crippen molar-refractivity contribution in [2.45, 2.75) is 6.54 Å². The third kappa shape index (κ3) is 5.35. The van der Waals surface area contributed by atoms with Crippen molar-refractivity contribution in [3.05, 3.63) is 40.9 Å². The number of ether oxygens (including phenoxy) is 2. The van der Waals surface area contributed by atoms with Gasteiger partial charge in [0, 0.05) is 20.2 Å². The van der Waals surface area contributed by atoms with Crippen LogP contribution in [0.15, 0.2) is 35.3 Å². The topological polar surface area (TPSA) is 30.5 Å². The summed E-state index contributed by atoms with van der Waals surface area (Å²) in [6.45, 7) is 6.53. The molecule has 0 unspecified atom stereocenters. The Hall–Kier alpha value is -0.840. The first-order valence-electron chi connectivity index (χ1n) is 5.49. The quantitative estimate of drug-likeness (QED) is 0.591. The normalized spacial score (nSPS) is 10.2. The van der Waals surface area contributed by atoms with Crippen molar-refractivity contribution in [1.82, 2.24) is 5.32 Å². The zero-order valence-electron chi connectivity index (χ0n) is 10.0. The maximum atomic E-state index is 5.48. The molecule has 3 nitrogen and oxygen atoms in total. The summed E-state index contributed by atoms with van der Waals surface area (Å²) in [5.41, 5.74) is 1.21. The van der Waals surface area contributed by atoms with Gasteiger partial charge in [0.15, 0.2) is 0 Å². The van der Waals surface area contributed by atoms with Gasteiger partial charge in [0.25, 0.3) is 0 Å². The van der Waals surface area contributed by atoms with Gasteiger partial charge < -0.3 is 14.8 Å². The second-order valence-corrected chi connectivity index (χ2v) is 4.39. The fourth-order valence-corrected chi connectivity index (χ4v) is 1.87. The zero-order chi connectivity index (χ0) is 12.5. The summed E-state index contributed by atoms with van der Waals surface area (Å²) >= 11 is 3.49. The molecule has 0 bridgehead atoms. The molecule has 1 aromatic rings. The molecule has 4 heteroatoms. The first-order valence-corrected chi connectivity index (χ1v) is 6.29. The summed E-state index contributed by atoms with van der Waals surface area (Å²) in [5, 5.41) is 3.29. The molecule has 0 aliphatic carbocycles. The number of methoxy groups -OCH3 is 1. The minimum atomic E-state index is 0.518. The molecule has 0 fully saturated rings. The molecule has 0 heterocycles. The highest BCUT2D eigenvalue weighted by Crippen LogP contribution is 2.25. The van der Waals surface area contributed by atoms with Crippen LogP contribution in [0, 0.1) is 0 Å². The van der Waals surface area contributed by atoms with Crippen LogP contribution in [0.2, 0.25) is 0 Å². The molecule has 0 amide bonds. The summed E-state index contributed by atoms with van der Waals surface area (Å²) in [6, 6.07) is 6.06. The minimum Gasteiger partial charge on any atom is -0.488 e. The molecule has 0 aliphatic heterocycles. The van der Waals surface area contributed by atoms with Gasteiger partial charge >= 0.3 is 0 Å². The van der Waals surface area contributed by atoms with E-state index in [0.29, 0.717) is 6.61 Å². The molecule has 0 radical (unpaired) electrons. The Morgan fingerprint density at radius 1 is 1.47 bits per heavy atom. The molecule has 17 heavy (non-hydrogen) atoms. The van der Waals surface area contributed by atoms with Gasteiger partial charge in [-0.1, -0.05) is 18.7 Å². The van der Waals surface area contributed by atoms with E-state index in [4.69, 9.17) is 9.47 Å². The van der Waals surface area contributed by atoms with Gasteiger partial charge in [-0.15, -0.1) is 0 Å². The largest absolute Gasteiger partial charge is 0.488 e. The van der Waals surface area contributed by atoms with Gasteiger partial charge in [-0.05, 0) is 33.6 Å². The van der Waals surface area contributed by atoms with Crippen LogP contribution in [0.5, 0.6) is 5.75 Å². The molecule has 1 aromatic carbocycles. The zero-order valence-corrected chi connectivity index (χ0v) is 11.6. The van der Waals surface area contributed by atoms with Crippen molar-refractivity contribution in [2.24, 2.45) is 0 Å². The standard InChI is InChI=1S/C13H18BrNO2/c1-3-7-17-13-5-4-11(9-12(13)14)10-15-6-8-16-2/h3-5,9,15H,1,6-8,10H2,2H3. The molecule has 1 rings (SSSR count). The fraction of sp³-hybridized carbons (Fsp3) is 0.385. The van der Waals surface area contributed by atoms with E-state index in [-0.39, 0.29) is 0 Å². The first kappa shape index (κ1) is 14.2. The second kappa shape index (κ2) is 8.28. The van der Waals surface area contributed by atoms with Gasteiger partial charge in [0.2, 0.25) is 0 Å². The Bertz CT molecular complexity index is 355.